The van der Waals surface area contributed by atoms with Crippen LogP contribution in [0.25, 0.3) is 10.8 Å². The van der Waals surface area contributed by atoms with E-state index in [1.807, 2.05) is 0 Å². The number of esters is 1. The number of ether oxygens (including phenoxy) is 1. The molecule has 0 bridgehead atoms. The average Bonchev–Trinajstić information content (AvgIpc) is 3.30. The third-order valence-corrected chi connectivity index (χ3v) is 5.57. The van der Waals surface area contributed by atoms with Gasteiger partial charge in [-0.2, -0.15) is 0 Å². The number of carbonyl (C=O) groups is 2. The largest absolute Gasteiger partial charge is 0.508 e. The lowest BCUT2D eigenvalue weighted by Crippen LogP contribution is -2.24. The number of carbonyl (C=O) groups excluding carboxylic acids is 1. The first kappa shape index (κ1) is 20.8. The second-order valence-corrected chi connectivity index (χ2v) is 7.69. The van der Waals surface area contributed by atoms with E-state index in [4.69, 9.17) is 9.84 Å². The Morgan fingerprint density at radius 2 is 1.61 bits per heavy atom. The fourth-order valence-electron chi connectivity index (χ4n) is 3.78. The van der Waals surface area contributed by atoms with Crippen LogP contribution in [0.5, 0.6) is 5.75 Å². The number of fused-ring (bicyclic) bond motifs is 1. The summed E-state index contributed by atoms with van der Waals surface area (Å²) in [5.41, 5.74) is 1.21. The molecule has 7 nitrogen and oxygen atoms in total. The molecule has 1 aliphatic heterocycles. The molecule has 0 saturated carbocycles. The van der Waals surface area contributed by atoms with Gasteiger partial charge in [0.1, 0.15) is 18.6 Å². The van der Waals surface area contributed by atoms with Gasteiger partial charge < -0.3 is 20.1 Å². The number of phenols is 1. The van der Waals surface area contributed by atoms with Crippen LogP contribution in [0.3, 0.4) is 0 Å². The molecule has 3 N–H and O–H groups in total. The minimum atomic E-state index is -1.15. The van der Waals surface area contributed by atoms with Crippen molar-refractivity contribution in [2.75, 3.05) is 19.8 Å². The van der Waals surface area contributed by atoms with Gasteiger partial charge in [0.05, 0.1) is 11.1 Å². The third-order valence-electron chi connectivity index (χ3n) is 5.57. The maximum Gasteiger partial charge on any atom is 0.339 e. The molecular formula is C24H23NO6. The molecule has 0 amide bonds. The maximum atomic E-state index is 12.4. The van der Waals surface area contributed by atoms with E-state index in [1.165, 1.54) is 30.3 Å². The molecule has 3 aromatic carbocycles. The topological polar surface area (TPSA) is 107 Å². The molecule has 0 aliphatic carbocycles. The molecule has 1 saturated heterocycles. The van der Waals surface area contributed by atoms with E-state index in [-0.39, 0.29) is 23.6 Å². The molecule has 0 radical (unpaired) electrons. The number of aliphatic hydroxyl groups is 1. The number of aromatic carboxylic acids is 1. The Bertz CT molecular complexity index is 1120. The fourth-order valence-corrected chi connectivity index (χ4v) is 3.78. The predicted molar refractivity (Wildman–Crippen MR) is 114 cm³/mol. The van der Waals surface area contributed by atoms with Crippen LogP contribution in [0, 0.1) is 0 Å². The number of benzene rings is 3. The highest BCUT2D eigenvalue weighted by molar-refractivity contribution is 5.96. The van der Waals surface area contributed by atoms with Crippen molar-refractivity contribution in [3.63, 3.8) is 0 Å². The van der Waals surface area contributed by atoms with E-state index in [1.54, 1.807) is 24.3 Å². The summed E-state index contributed by atoms with van der Waals surface area (Å²) in [7, 11) is 0. The first-order valence-electron chi connectivity index (χ1n) is 10.1. The number of likely N-dealkylation sites (tertiary alicyclic amines) is 1. The zero-order valence-electron chi connectivity index (χ0n) is 16.8. The Kier molecular flexibility index (Phi) is 5.88. The van der Waals surface area contributed by atoms with Gasteiger partial charge in [0.2, 0.25) is 0 Å². The minimum absolute atomic E-state index is 0.0910. The maximum absolute atomic E-state index is 12.4. The van der Waals surface area contributed by atoms with Gasteiger partial charge in [0, 0.05) is 18.7 Å². The normalized spacial score (nSPS) is 15.1. The molecular weight excluding hydrogens is 398 g/mol. The van der Waals surface area contributed by atoms with Crippen molar-refractivity contribution in [3.8, 4) is 5.75 Å². The van der Waals surface area contributed by atoms with Crippen LogP contribution in [-0.4, -0.2) is 52.0 Å². The van der Waals surface area contributed by atoms with E-state index in [0.29, 0.717) is 21.9 Å². The summed E-state index contributed by atoms with van der Waals surface area (Å²) < 4.78 is 5.40. The van der Waals surface area contributed by atoms with E-state index in [0.717, 1.165) is 25.9 Å². The third kappa shape index (κ3) is 4.52. The summed E-state index contributed by atoms with van der Waals surface area (Å²) in [6.07, 6.45) is 1.07. The Morgan fingerprint density at radius 3 is 2.29 bits per heavy atom. The number of aliphatic hydroxyl groups excluding tert-OH is 1. The molecule has 160 valence electrons. The van der Waals surface area contributed by atoms with E-state index in [9.17, 15) is 19.8 Å². The molecule has 1 unspecified atom stereocenters. The lowest BCUT2D eigenvalue weighted by molar-refractivity contribution is 0.0269. The molecule has 1 aliphatic rings. The van der Waals surface area contributed by atoms with E-state index < -0.39 is 18.0 Å². The number of phenolic OH excluding ortho intramolecular Hbond substituents is 1. The van der Waals surface area contributed by atoms with Crippen molar-refractivity contribution >= 4 is 22.7 Å². The fraction of sp³-hybridized carbons (Fsp3) is 0.250. The average molecular weight is 421 g/mol. The molecule has 3 aromatic rings. The standard InChI is InChI=1S/C24H23NO6/c26-21-13-17-7-8-18(24(30)31-14-25-9-1-2-10-25)11-19(17)12-20(21)22(27)15-3-5-16(6-4-15)23(28)29/h3-8,11-13,22,26-27H,1-2,9-10,14H2,(H,28,29). The molecule has 0 spiro atoms. The summed E-state index contributed by atoms with van der Waals surface area (Å²) in [5, 5.41) is 31.6. The van der Waals surface area contributed by atoms with Crippen molar-refractivity contribution in [3.05, 3.63) is 76.9 Å². The number of hydrogen-bond acceptors (Lipinski definition) is 6. The van der Waals surface area contributed by atoms with Crippen LogP contribution >= 0.6 is 0 Å². The number of hydrogen-bond donors (Lipinski definition) is 3. The zero-order valence-corrected chi connectivity index (χ0v) is 16.8. The summed E-state index contributed by atoms with van der Waals surface area (Å²) >= 11 is 0. The van der Waals surface area contributed by atoms with Gasteiger partial charge in [0.15, 0.2) is 0 Å². The van der Waals surface area contributed by atoms with Crippen molar-refractivity contribution in [1.82, 2.24) is 4.90 Å². The van der Waals surface area contributed by atoms with Gasteiger partial charge in [-0.05, 0) is 65.6 Å². The van der Waals surface area contributed by atoms with Crippen LogP contribution in [-0.2, 0) is 4.74 Å². The van der Waals surface area contributed by atoms with Gasteiger partial charge in [-0.1, -0.05) is 18.2 Å². The number of nitrogens with zero attached hydrogens (tertiary/aromatic N) is 1. The lowest BCUT2D eigenvalue weighted by Gasteiger charge is -2.16. The Morgan fingerprint density at radius 1 is 0.935 bits per heavy atom. The second-order valence-electron chi connectivity index (χ2n) is 7.69. The first-order chi connectivity index (χ1) is 14.9. The number of rotatable bonds is 6. The van der Waals surface area contributed by atoms with Crippen molar-refractivity contribution < 1.29 is 29.6 Å². The quantitative estimate of drug-likeness (QED) is 0.523. The van der Waals surface area contributed by atoms with Crippen LogP contribution < -0.4 is 0 Å². The number of carboxylic acids is 1. The van der Waals surface area contributed by atoms with Crippen molar-refractivity contribution in [1.29, 1.82) is 0 Å². The highest BCUT2D eigenvalue weighted by Gasteiger charge is 2.18. The first-order valence-corrected chi connectivity index (χ1v) is 10.1. The molecule has 0 aromatic heterocycles. The Hall–Kier alpha value is -3.42. The Balaban J connectivity index is 1.58. The monoisotopic (exact) mass is 421 g/mol. The molecule has 1 atom stereocenters. The highest BCUT2D eigenvalue weighted by Crippen LogP contribution is 2.33. The molecule has 1 heterocycles. The van der Waals surface area contributed by atoms with Crippen LogP contribution in [0.1, 0.15) is 50.8 Å². The highest BCUT2D eigenvalue weighted by atomic mass is 16.5. The summed E-state index contributed by atoms with van der Waals surface area (Å²) in [4.78, 5) is 25.5. The van der Waals surface area contributed by atoms with Crippen LogP contribution in [0.4, 0.5) is 0 Å². The second kappa shape index (κ2) is 8.75. The summed E-state index contributed by atoms with van der Waals surface area (Å²) in [6, 6.07) is 14.0. The predicted octanol–water partition coefficient (Wildman–Crippen LogP) is 3.54. The molecule has 4 rings (SSSR count). The van der Waals surface area contributed by atoms with Crippen molar-refractivity contribution in [2.24, 2.45) is 0 Å². The minimum Gasteiger partial charge on any atom is -0.508 e. The summed E-state index contributed by atoms with van der Waals surface area (Å²) in [6.45, 7) is 2.13. The SMILES string of the molecule is O=C(O)c1ccc(C(O)c2cc3cc(C(=O)OCN4CCCC4)ccc3cc2O)cc1. The smallest absolute Gasteiger partial charge is 0.339 e. The summed E-state index contributed by atoms with van der Waals surface area (Å²) in [5.74, 6) is -1.57. The van der Waals surface area contributed by atoms with Crippen LogP contribution in [0.2, 0.25) is 0 Å². The van der Waals surface area contributed by atoms with E-state index in [2.05, 4.69) is 4.90 Å². The lowest BCUT2D eigenvalue weighted by atomic mass is 9.96. The van der Waals surface area contributed by atoms with Gasteiger partial charge in [0.25, 0.3) is 0 Å². The van der Waals surface area contributed by atoms with Gasteiger partial charge in [-0.15, -0.1) is 0 Å². The van der Waals surface area contributed by atoms with Gasteiger partial charge in [-0.25, -0.2) is 9.59 Å². The number of carboxylic acid groups (broad SMARTS) is 1. The molecule has 1 fully saturated rings. The van der Waals surface area contributed by atoms with Crippen molar-refractivity contribution in [2.45, 2.75) is 18.9 Å². The van der Waals surface area contributed by atoms with E-state index >= 15 is 0 Å². The van der Waals surface area contributed by atoms with Gasteiger partial charge >= 0.3 is 11.9 Å². The molecule has 31 heavy (non-hydrogen) atoms. The van der Waals surface area contributed by atoms with Crippen LogP contribution in [0.15, 0.2) is 54.6 Å². The Labute approximate surface area is 179 Å². The molecule has 7 heteroatoms. The number of aromatic hydroxyl groups is 1. The zero-order chi connectivity index (χ0) is 22.0. The van der Waals surface area contributed by atoms with Gasteiger partial charge in [-0.3, -0.25) is 4.90 Å².